The fourth-order valence-electron chi connectivity index (χ4n) is 10.6. The maximum absolute atomic E-state index is 14.7. The number of nitrogens with zero attached hydrogens (tertiary/aromatic N) is 3. The molecule has 0 saturated carbocycles. The summed E-state index contributed by atoms with van der Waals surface area (Å²) in [5.74, 6) is -5.67. The second-order valence-corrected chi connectivity index (χ2v) is 21.7. The van der Waals surface area contributed by atoms with Gasteiger partial charge >= 0.3 is 0 Å². The number of aryl methyl sites for hydroxylation is 1. The molecule has 10 atom stereocenters. The Morgan fingerprint density at radius 1 is 0.679 bits per heavy atom. The van der Waals surface area contributed by atoms with Crippen LogP contribution in [-0.4, -0.2) is 175 Å². The molecular formula is C61H74N10O13. The number of unbranched alkanes of at least 4 members (excludes halogenated alkanes) is 2. The molecule has 23 nitrogen and oxygen atoms in total. The highest BCUT2D eigenvalue weighted by atomic mass is 16.5. The van der Waals surface area contributed by atoms with Crippen LogP contribution in [0.3, 0.4) is 0 Å². The highest BCUT2D eigenvalue weighted by Gasteiger charge is 2.46. The molecule has 11 N–H and O–H groups in total. The Morgan fingerprint density at radius 2 is 1.25 bits per heavy atom. The fourth-order valence-corrected chi connectivity index (χ4v) is 10.6. The minimum Gasteiger partial charge on any atom is -0.508 e. The van der Waals surface area contributed by atoms with Crippen LogP contribution in [0.5, 0.6) is 11.5 Å². The summed E-state index contributed by atoms with van der Waals surface area (Å²) in [5, 5.41) is 65.6. The van der Waals surface area contributed by atoms with Gasteiger partial charge in [0, 0.05) is 43.9 Å². The van der Waals surface area contributed by atoms with Crippen molar-refractivity contribution in [2.75, 3.05) is 26.2 Å². The Kier molecular flexibility index (Phi) is 20.9. The molecule has 0 radical (unpaired) electrons. The molecule has 0 aliphatic carbocycles. The number of aliphatic hydroxyl groups is 3. The summed E-state index contributed by atoms with van der Waals surface area (Å²) in [6, 6.07) is 18.9. The van der Waals surface area contributed by atoms with Crippen molar-refractivity contribution in [1.82, 2.24) is 51.9 Å². The van der Waals surface area contributed by atoms with Crippen LogP contribution in [0.25, 0.3) is 22.3 Å². The first-order valence-corrected chi connectivity index (χ1v) is 28.5. The van der Waals surface area contributed by atoms with Crippen molar-refractivity contribution in [2.45, 2.75) is 139 Å². The van der Waals surface area contributed by atoms with Gasteiger partial charge in [-0.1, -0.05) is 80.4 Å². The second kappa shape index (κ2) is 28.5. The first-order valence-electron chi connectivity index (χ1n) is 28.5. The number of aromatic nitrogens is 2. The van der Waals surface area contributed by atoms with Gasteiger partial charge in [-0.2, -0.15) is 5.10 Å². The maximum Gasteiger partial charge on any atom is 0.254 e. The molecule has 1 aromatic heterocycles. The van der Waals surface area contributed by atoms with Gasteiger partial charge < -0.3 is 66.9 Å². The van der Waals surface area contributed by atoms with E-state index in [0.717, 1.165) is 57.1 Å². The number of phenols is 1. The van der Waals surface area contributed by atoms with Gasteiger partial charge in [0.15, 0.2) is 0 Å². The molecule has 4 aromatic carbocycles. The smallest absolute Gasteiger partial charge is 0.254 e. The number of fused-ring (bicyclic) bond motifs is 2. The third-order valence-electron chi connectivity index (χ3n) is 15.4. The summed E-state index contributed by atoms with van der Waals surface area (Å²) in [6.07, 6.45) is 0.998. The number of amides is 8. The van der Waals surface area contributed by atoms with Gasteiger partial charge in [0.2, 0.25) is 35.4 Å². The zero-order valence-electron chi connectivity index (χ0n) is 47.2. The SMILES string of the molecule is CCCCCOc1ccc(-c2ccc(-c3ccc(C(=O)N[C@H]4CCCNC(=O)C5C[C@H](NC(=O)c6cn[nH]c6)CN5C(=O)C(C(C)O)NC(=O)C(CCc5ccc(O)cc5)NC(=O)C5C[C@@H](O)CN5C(=O)C(C(C)O)NC4=O)cc3)cc2)cc1. The van der Waals surface area contributed by atoms with E-state index in [4.69, 9.17) is 4.74 Å². The number of phenolic OH excluding ortho intramolecular Hbond substituents is 1. The zero-order chi connectivity index (χ0) is 60.0. The number of H-pyrrole nitrogens is 1. The molecular weight excluding hydrogens is 1080 g/mol. The number of aromatic hydroxyl groups is 1. The Balaban J connectivity index is 1.04. The lowest BCUT2D eigenvalue weighted by molar-refractivity contribution is -0.145. The molecule has 446 valence electrons. The van der Waals surface area contributed by atoms with Crippen molar-refractivity contribution >= 4 is 47.3 Å². The standard InChI is InChI=1S/C61H74N10O13/c1-4-5-6-28-84-47-24-20-41(21-25-47)39-14-12-38(13-15-39)40-16-18-42(19-17-40)54(76)66-48-8-7-27-62-58(80)50-29-44(65-55(77)43-31-63-64-32-43)33-70(50)60(82)52(35(2)72)69-57(79)49(26-11-37-9-22-45(74)23-10-37)67-59(81)51-30-46(75)34-71(51)61(83)53(36(3)73)68-56(48)78/h9-10,12-25,31-32,35-36,44,46,48-53,72-75H,4-8,11,26-30,33-34H2,1-3H3,(H,62,80)(H,63,64)(H,65,77)(H,66,76)(H,67,81)(H,68,78)(H,69,79)/t35?,36?,44-,46+,48-,49?,50?,51?,52?,53?/m0/s1. The van der Waals surface area contributed by atoms with Gasteiger partial charge in [-0.15, -0.1) is 0 Å². The lowest BCUT2D eigenvalue weighted by atomic mass is 9.99. The molecule has 84 heavy (non-hydrogen) atoms. The number of nitrogens with one attached hydrogen (secondary N) is 7. The van der Waals surface area contributed by atoms with E-state index >= 15 is 0 Å². The number of hydrogen-bond acceptors (Lipinski definition) is 14. The molecule has 23 heteroatoms. The average Bonchev–Trinajstić information content (AvgIpc) is 4.40. The van der Waals surface area contributed by atoms with Crippen molar-refractivity contribution in [2.24, 2.45) is 0 Å². The van der Waals surface area contributed by atoms with Crippen LogP contribution in [0.15, 0.2) is 109 Å². The van der Waals surface area contributed by atoms with Crippen molar-refractivity contribution in [1.29, 1.82) is 0 Å². The summed E-state index contributed by atoms with van der Waals surface area (Å²) in [7, 11) is 0. The van der Waals surface area contributed by atoms with E-state index < -0.39 is 114 Å². The van der Waals surface area contributed by atoms with Crippen LogP contribution >= 0.6 is 0 Å². The maximum atomic E-state index is 14.7. The molecule has 5 aromatic rings. The number of rotatable bonds is 16. The van der Waals surface area contributed by atoms with E-state index in [-0.39, 0.29) is 68.5 Å². The molecule has 4 heterocycles. The predicted octanol–water partition coefficient (Wildman–Crippen LogP) is 2.24. The number of ether oxygens (including phenoxy) is 1. The van der Waals surface area contributed by atoms with Crippen molar-refractivity contribution < 1.29 is 63.5 Å². The van der Waals surface area contributed by atoms with E-state index in [1.807, 2.05) is 48.5 Å². The molecule has 8 rings (SSSR count). The second-order valence-electron chi connectivity index (χ2n) is 21.7. The van der Waals surface area contributed by atoms with Gasteiger partial charge in [-0.3, -0.25) is 43.5 Å². The lowest BCUT2D eigenvalue weighted by Gasteiger charge is -2.32. The molecule has 3 saturated heterocycles. The summed E-state index contributed by atoms with van der Waals surface area (Å²) in [4.78, 5) is 116. The van der Waals surface area contributed by atoms with Crippen molar-refractivity contribution in [3.63, 3.8) is 0 Å². The molecule has 0 bridgehead atoms. The molecule has 3 aliphatic heterocycles. The van der Waals surface area contributed by atoms with Crippen LogP contribution in [-0.2, 0) is 35.2 Å². The first-order chi connectivity index (χ1) is 40.4. The largest absolute Gasteiger partial charge is 0.508 e. The van der Waals surface area contributed by atoms with E-state index in [0.29, 0.717) is 12.2 Å². The molecule has 0 spiro atoms. The van der Waals surface area contributed by atoms with Crippen LogP contribution in [0.1, 0.15) is 98.4 Å². The number of benzene rings is 4. The van der Waals surface area contributed by atoms with Crippen molar-refractivity contribution in [3.8, 4) is 33.8 Å². The van der Waals surface area contributed by atoms with E-state index in [1.54, 1.807) is 36.4 Å². The summed E-state index contributed by atoms with van der Waals surface area (Å²) < 4.78 is 5.87. The van der Waals surface area contributed by atoms with E-state index in [2.05, 4.69) is 49.0 Å². The molecule has 8 amide bonds. The van der Waals surface area contributed by atoms with Gasteiger partial charge in [-0.05, 0) is 117 Å². The number of carbonyl (C=O) groups is 8. The van der Waals surface area contributed by atoms with Crippen LogP contribution < -0.4 is 36.6 Å². The summed E-state index contributed by atoms with van der Waals surface area (Å²) in [6.45, 7) is 4.57. The highest BCUT2D eigenvalue weighted by molar-refractivity contribution is 6.00. The number of aromatic amines is 1. The van der Waals surface area contributed by atoms with Gasteiger partial charge in [0.25, 0.3) is 11.8 Å². The summed E-state index contributed by atoms with van der Waals surface area (Å²) in [5.41, 5.74) is 4.71. The van der Waals surface area contributed by atoms with E-state index in [9.17, 15) is 58.8 Å². The van der Waals surface area contributed by atoms with Crippen LogP contribution in [0.2, 0.25) is 0 Å². The minimum absolute atomic E-state index is 0.0167. The monoisotopic (exact) mass is 1150 g/mol. The molecule has 3 aliphatic rings. The Morgan fingerprint density at radius 3 is 1.85 bits per heavy atom. The predicted molar refractivity (Wildman–Crippen MR) is 307 cm³/mol. The number of hydrogen-bond donors (Lipinski definition) is 11. The van der Waals surface area contributed by atoms with Gasteiger partial charge in [-0.25, -0.2) is 0 Å². The van der Waals surface area contributed by atoms with E-state index in [1.165, 1.54) is 38.4 Å². The van der Waals surface area contributed by atoms with Crippen LogP contribution in [0.4, 0.5) is 0 Å². The lowest BCUT2D eigenvalue weighted by Crippen LogP contribution is -2.61. The first kappa shape index (κ1) is 61.4. The zero-order valence-corrected chi connectivity index (χ0v) is 47.2. The quantitative estimate of drug-likeness (QED) is 0.0632. The minimum atomic E-state index is -1.72. The molecule has 7 unspecified atom stereocenters. The number of carbonyl (C=O) groups excluding carboxylic acids is 8. The Hall–Kier alpha value is -8.67. The van der Waals surface area contributed by atoms with Gasteiger partial charge in [0.05, 0.1) is 36.7 Å². The van der Waals surface area contributed by atoms with Gasteiger partial charge in [0.1, 0.15) is 47.8 Å². The van der Waals surface area contributed by atoms with Crippen molar-refractivity contribution in [3.05, 3.63) is 126 Å². The third-order valence-corrected chi connectivity index (χ3v) is 15.4. The third kappa shape index (κ3) is 15.7. The average molecular weight is 1160 g/mol. The number of aliphatic hydroxyl groups excluding tert-OH is 3. The Labute approximate surface area is 486 Å². The Bertz CT molecular complexity index is 3090. The summed E-state index contributed by atoms with van der Waals surface area (Å²) >= 11 is 0. The normalized spacial score (nSPS) is 23.6. The molecule has 3 fully saturated rings. The highest BCUT2D eigenvalue weighted by Crippen LogP contribution is 2.28. The fraction of sp³-hybridized carbons (Fsp3) is 0.426. The topological polar surface area (TPSA) is 334 Å². The van der Waals surface area contributed by atoms with Crippen LogP contribution in [0, 0.1) is 0 Å².